The van der Waals surface area contributed by atoms with Crippen LogP contribution in [0.2, 0.25) is 0 Å². The molecular formula is C17H33NO3. The maximum absolute atomic E-state index is 11.3. The number of rotatable bonds is 11. The van der Waals surface area contributed by atoms with Gasteiger partial charge >= 0.3 is 5.97 Å². The summed E-state index contributed by atoms with van der Waals surface area (Å²) in [4.78, 5) is 13.7. The quantitative estimate of drug-likeness (QED) is 0.433. The number of morpholine rings is 1. The average molecular weight is 299 g/mol. The van der Waals surface area contributed by atoms with E-state index in [-0.39, 0.29) is 12.1 Å². The Bertz CT molecular complexity index is 271. The van der Waals surface area contributed by atoms with Gasteiger partial charge in [-0.15, -0.1) is 0 Å². The fraction of sp³-hybridized carbons (Fsp3) is 0.941. The molecule has 1 rings (SSSR count). The molecule has 1 fully saturated rings. The summed E-state index contributed by atoms with van der Waals surface area (Å²) in [5.41, 5.74) is 0. The molecule has 0 saturated carbocycles. The molecule has 0 amide bonds. The molecule has 4 nitrogen and oxygen atoms in total. The molecule has 1 unspecified atom stereocenters. The van der Waals surface area contributed by atoms with E-state index in [0.29, 0.717) is 6.42 Å². The third-order valence-electron chi connectivity index (χ3n) is 4.17. The van der Waals surface area contributed by atoms with Gasteiger partial charge in [0.05, 0.1) is 26.2 Å². The minimum Gasteiger partial charge on any atom is -0.469 e. The van der Waals surface area contributed by atoms with E-state index in [9.17, 15) is 4.79 Å². The van der Waals surface area contributed by atoms with Crippen molar-refractivity contribution in [3.05, 3.63) is 0 Å². The zero-order valence-electron chi connectivity index (χ0n) is 13.9. The van der Waals surface area contributed by atoms with E-state index >= 15 is 0 Å². The molecule has 21 heavy (non-hydrogen) atoms. The molecule has 124 valence electrons. The molecule has 1 atom stereocenters. The van der Waals surface area contributed by atoms with Crippen LogP contribution < -0.4 is 0 Å². The van der Waals surface area contributed by atoms with Crippen LogP contribution in [0.25, 0.3) is 0 Å². The molecule has 0 bridgehead atoms. The van der Waals surface area contributed by atoms with Gasteiger partial charge in [0.1, 0.15) is 0 Å². The first kappa shape index (κ1) is 18.4. The molecular weight excluding hydrogens is 266 g/mol. The molecule has 0 radical (unpaired) electrons. The van der Waals surface area contributed by atoms with Gasteiger partial charge in [-0.3, -0.25) is 9.69 Å². The maximum atomic E-state index is 11.3. The van der Waals surface area contributed by atoms with Gasteiger partial charge in [-0.05, 0) is 13.0 Å². The monoisotopic (exact) mass is 299 g/mol. The largest absolute Gasteiger partial charge is 0.469 e. The van der Waals surface area contributed by atoms with Crippen LogP contribution in [0.3, 0.4) is 0 Å². The summed E-state index contributed by atoms with van der Waals surface area (Å²) < 4.78 is 10.3. The number of unbranched alkanes of at least 4 members (excludes halogenated alkanes) is 7. The Morgan fingerprint density at radius 3 is 2.48 bits per heavy atom. The predicted molar refractivity (Wildman–Crippen MR) is 85.4 cm³/mol. The van der Waals surface area contributed by atoms with Crippen LogP contribution in [-0.2, 0) is 14.3 Å². The average Bonchev–Trinajstić information content (AvgIpc) is 2.50. The fourth-order valence-electron chi connectivity index (χ4n) is 2.85. The highest BCUT2D eigenvalue weighted by Gasteiger charge is 2.22. The first-order valence-electron chi connectivity index (χ1n) is 8.67. The highest BCUT2D eigenvalue weighted by molar-refractivity contribution is 5.69. The number of methoxy groups -OCH3 is 1. The first-order valence-corrected chi connectivity index (χ1v) is 8.67. The molecule has 1 aliphatic heterocycles. The Hall–Kier alpha value is -0.610. The van der Waals surface area contributed by atoms with Gasteiger partial charge in [-0.1, -0.05) is 51.9 Å². The molecule has 0 aliphatic carbocycles. The second-order valence-corrected chi connectivity index (χ2v) is 6.05. The molecule has 1 aliphatic rings. The summed E-state index contributed by atoms with van der Waals surface area (Å²) in [5.74, 6) is -0.172. The van der Waals surface area contributed by atoms with Crippen molar-refractivity contribution in [2.24, 2.45) is 0 Å². The van der Waals surface area contributed by atoms with Crippen molar-refractivity contribution in [1.82, 2.24) is 4.90 Å². The lowest BCUT2D eigenvalue weighted by molar-refractivity contribution is -0.145. The van der Waals surface area contributed by atoms with Crippen molar-refractivity contribution in [2.75, 3.05) is 33.4 Å². The van der Waals surface area contributed by atoms with Gasteiger partial charge in [0, 0.05) is 13.1 Å². The van der Waals surface area contributed by atoms with E-state index in [2.05, 4.69) is 11.8 Å². The third kappa shape index (κ3) is 9.10. The number of ether oxygens (including phenoxy) is 2. The van der Waals surface area contributed by atoms with Crippen LogP contribution >= 0.6 is 0 Å². The van der Waals surface area contributed by atoms with E-state index in [4.69, 9.17) is 9.47 Å². The molecule has 0 aromatic rings. The highest BCUT2D eigenvalue weighted by atomic mass is 16.5. The molecule has 0 aromatic carbocycles. The predicted octanol–water partition coefficient (Wildman–Crippen LogP) is 3.39. The Morgan fingerprint density at radius 1 is 1.14 bits per heavy atom. The minimum absolute atomic E-state index is 0.0141. The minimum atomic E-state index is -0.172. The Labute approximate surface area is 130 Å². The molecule has 0 aromatic heterocycles. The van der Waals surface area contributed by atoms with Crippen molar-refractivity contribution in [3.8, 4) is 0 Å². The van der Waals surface area contributed by atoms with E-state index in [1.54, 1.807) is 0 Å². The van der Waals surface area contributed by atoms with E-state index in [0.717, 1.165) is 26.2 Å². The summed E-state index contributed by atoms with van der Waals surface area (Å²) in [6.07, 6.45) is 11.2. The van der Waals surface area contributed by atoms with Crippen molar-refractivity contribution in [3.63, 3.8) is 0 Å². The first-order chi connectivity index (χ1) is 10.3. The van der Waals surface area contributed by atoms with Gasteiger partial charge in [-0.2, -0.15) is 0 Å². The standard InChI is InChI=1S/C17H33NO3/c1-3-4-5-6-7-8-9-10-11-18-12-13-21-16(15-18)14-17(19)20-2/h16H,3-15H2,1-2H3. The van der Waals surface area contributed by atoms with Crippen LogP contribution in [0.4, 0.5) is 0 Å². The SMILES string of the molecule is CCCCCCCCCCN1CCOC(CC(=O)OC)C1. The Kier molecular flexibility index (Phi) is 10.5. The second-order valence-electron chi connectivity index (χ2n) is 6.05. The summed E-state index contributed by atoms with van der Waals surface area (Å²) in [6.45, 7) is 5.99. The Morgan fingerprint density at radius 2 is 1.81 bits per heavy atom. The third-order valence-corrected chi connectivity index (χ3v) is 4.17. The smallest absolute Gasteiger partial charge is 0.308 e. The Balaban J connectivity index is 2.00. The van der Waals surface area contributed by atoms with Crippen LogP contribution in [0.15, 0.2) is 0 Å². The van der Waals surface area contributed by atoms with Crippen molar-refractivity contribution in [2.45, 2.75) is 70.8 Å². The molecule has 1 saturated heterocycles. The van der Waals surface area contributed by atoms with Crippen LogP contribution in [0, 0.1) is 0 Å². The zero-order valence-corrected chi connectivity index (χ0v) is 13.9. The van der Waals surface area contributed by atoms with Crippen LogP contribution in [-0.4, -0.2) is 50.3 Å². The number of hydrogen-bond donors (Lipinski definition) is 0. The van der Waals surface area contributed by atoms with Crippen molar-refractivity contribution >= 4 is 5.97 Å². The van der Waals surface area contributed by atoms with Gasteiger partial charge in [0.15, 0.2) is 0 Å². The van der Waals surface area contributed by atoms with Crippen molar-refractivity contribution in [1.29, 1.82) is 0 Å². The topological polar surface area (TPSA) is 38.8 Å². The van der Waals surface area contributed by atoms with Gasteiger partial charge in [-0.25, -0.2) is 0 Å². The molecule has 4 heteroatoms. The molecule has 0 spiro atoms. The summed E-state index contributed by atoms with van der Waals surface area (Å²) >= 11 is 0. The zero-order chi connectivity index (χ0) is 15.3. The normalized spacial score (nSPS) is 19.6. The number of esters is 1. The van der Waals surface area contributed by atoms with Crippen LogP contribution in [0.1, 0.15) is 64.7 Å². The molecule has 0 N–H and O–H groups in total. The van der Waals surface area contributed by atoms with Crippen LogP contribution in [0.5, 0.6) is 0 Å². The van der Waals surface area contributed by atoms with Gasteiger partial charge in [0.25, 0.3) is 0 Å². The number of carbonyl (C=O) groups is 1. The van der Waals surface area contributed by atoms with Gasteiger partial charge < -0.3 is 9.47 Å². The summed E-state index contributed by atoms with van der Waals surface area (Å²) in [6, 6.07) is 0. The van der Waals surface area contributed by atoms with Gasteiger partial charge in [0.2, 0.25) is 0 Å². The number of hydrogen-bond acceptors (Lipinski definition) is 4. The lowest BCUT2D eigenvalue weighted by Gasteiger charge is -2.32. The maximum Gasteiger partial charge on any atom is 0.308 e. The summed E-state index contributed by atoms with van der Waals surface area (Å²) in [5, 5.41) is 0. The van der Waals surface area contributed by atoms with E-state index in [1.807, 2.05) is 0 Å². The number of carbonyl (C=O) groups excluding carboxylic acids is 1. The van der Waals surface area contributed by atoms with E-state index in [1.165, 1.54) is 58.5 Å². The second kappa shape index (κ2) is 12.0. The lowest BCUT2D eigenvalue weighted by Crippen LogP contribution is -2.43. The number of nitrogens with zero attached hydrogens (tertiary/aromatic N) is 1. The van der Waals surface area contributed by atoms with Crippen molar-refractivity contribution < 1.29 is 14.3 Å². The highest BCUT2D eigenvalue weighted by Crippen LogP contribution is 2.12. The lowest BCUT2D eigenvalue weighted by atomic mass is 10.1. The molecule has 1 heterocycles. The fourth-order valence-corrected chi connectivity index (χ4v) is 2.85. The van der Waals surface area contributed by atoms with E-state index < -0.39 is 0 Å². The summed E-state index contributed by atoms with van der Waals surface area (Å²) in [7, 11) is 1.43.